The molecule has 0 aromatic carbocycles. The Kier molecular flexibility index (Phi) is 9.14. The second-order valence-electron chi connectivity index (χ2n) is 6.33. The molecule has 0 saturated carbocycles. The zero-order valence-electron chi connectivity index (χ0n) is 15.3. The number of halogens is 4. The van der Waals surface area contributed by atoms with Crippen LogP contribution in [0.25, 0.3) is 0 Å². The fourth-order valence-electron chi connectivity index (χ4n) is 2.81. The molecular formula is C16H27F3IN5O. The lowest BCUT2D eigenvalue weighted by Crippen LogP contribution is -2.40. The first kappa shape index (κ1) is 23.0. The van der Waals surface area contributed by atoms with Crippen LogP contribution in [-0.4, -0.2) is 54.7 Å². The van der Waals surface area contributed by atoms with Gasteiger partial charge in [-0.05, 0) is 39.7 Å². The molecule has 0 aliphatic carbocycles. The molecule has 1 aliphatic rings. The molecule has 2 N–H and O–H groups in total. The number of hydrogen-bond donors (Lipinski definition) is 2. The van der Waals surface area contributed by atoms with E-state index in [4.69, 9.17) is 4.42 Å². The van der Waals surface area contributed by atoms with Gasteiger partial charge in [-0.25, -0.2) is 9.98 Å². The summed E-state index contributed by atoms with van der Waals surface area (Å²) in [6, 6.07) is 0. The highest BCUT2D eigenvalue weighted by Gasteiger charge is 2.34. The number of likely N-dealkylation sites (tertiary alicyclic amines) is 1. The van der Waals surface area contributed by atoms with Crippen LogP contribution in [0.5, 0.6) is 0 Å². The fraction of sp³-hybridized carbons (Fsp3) is 0.750. The van der Waals surface area contributed by atoms with E-state index in [0.717, 1.165) is 17.9 Å². The first-order valence-corrected chi connectivity index (χ1v) is 8.51. The third-order valence-corrected chi connectivity index (χ3v) is 4.12. The number of nitrogens with zero attached hydrogens (tertiary/aromatic N) is 3. The topological polar surface area (TPSA) is 65.7 Å². The van der Waals surface area contributed by atoms with Gasteiger partial charge in [-0.3, -0.25) is 4.90 Å². The van der Waals surface area contributed by atoms with Gasteiger partial charge in [-0.15, -0.1) is 24.0 Å². The second kappa shape index (κ2) is 10.3. The van der Waals surface area contributed by atoms with E-state index in [1.807, 2.05) is 20.8 Å². The average molecular weight is 489 g/mol. The lowest BCUT2D eigenvalue weighted by Gasteiger charge is -2.18. The molecule has 26 heavy (non-hydrogen) atoms. The van der Waals surface area contributed by atoms with Crippen LogP contribution < -0.4 is 10.6 Å². The molecule has 2 rings (SSSR count). The highest BCUT2D eigenvalue weighted by molar-refractivity contribution is 14.0. The van der Waals surface area contributed by atoms with E-state index in [1.165, 1.54) is 4.90 Å². The first-order chi connectivity index (χ1) is 11.8. The van der Waals surface area contributed by atoms with Crippen molar-refractivity contribution >= 4 is 29.9 Å². The number of aliphatic imine (C=N–C) groups is 1. The summed E-state index contributed by atoms with van der Waals surface area (Å²) >= 11 is 0. The average Bonchev–Trinajstić information content (AvgIpc) is 3.07. The number of aromatic nitrogens is 1. The van der Waals surface area contributed by atoms with Crippen LogP contribution in [0.15, 0.2) is 9.41 Å². The lowest BCUT2D eigenvalue weighted by atomic mass is 10.1. The minimum atomic E-state index is -4.13. The van der Waals surface area contributed by atoms with Crippen molar-refractivity contribution in [1.82, 2.24) is 20.5 Å². The Morgan fingerprint density at radius 3 is 2.65 bits per heavy atom. The third kappa shape index (κ3) is 7.68. The number of oxazole rings is 1. The van der Waals surface area contributed by atoms with Gasteiger partial charge in [-0.2, -0.15) is 13.2 Å². The Morgan fingerprint density at radius 1 is 1.35 bits per heavy atom. The summed E-state index contributed by atoms with van der Waals surface area (Å²) in [7, 11) is 0. The number of alkyl halides is 3. The van der Waals surface area contributed by atoms with Crippen molar-refractivity contribution in [1.29, 1.82) is 0 Å². The summed E-state index contributed by atoms with van der Waals surface area (Å²) < 4.78 is 42.8. The van der Waals surface area contributed by atoms with Crippen LogP contribution in [0.4, 0.5) is 13.2 Å². The van der Waals surface area contributed by atoms with Gasteiger partial charge in [0.05, 0.1) is 12.2 Å². The Balaban J connectivity index is 0.00000338. The maximum atomic E-state index is 12.4. The Bertz CT molecular complexity index is 571. The molecule has 1 aromatic heterocycles. The Hall–Kier alpha value is -1.04. The summed E-state index contributed by atoms with van der Waals surface area (Å²) in [6.45, 7) is 7.38. The molecule has 1 saturated heterocycles. The minimum Gasteiger partial charge on any atom is -0.444 e. The Labute approximate surface area is 169 Å². The number of aryl methyl sites for hydroxylation is 2. The van der Waals surface area contributed by atoms with E-state index in [1.54, 1.807) is 0 Å². The quantitative estimate of drug-likeness (QED) is 0.366. The number of hydrogen-bond acceptors (Lipinski definition) is 4. The summed E-state index contributed by atoms with van der Waals surface area (Å²) in [5.41, 5.74) is 0.846. The van der Waals surface area contributed by atoms with Gasteiger partial charge in [0, 0.05) is 19.6 Å². The van der Waals surface area contributed by atoms with Gasteiger partial charge in [0.2, 0.25) is 5.89 Å². The van der Waals surface area contributed by atoms with Crippen molar-refractivity contribution in [3.63, 3.8) is 0 Å². The van der Waals surface area contributed by atoms with E-state index in [-0.39, 0.29) is 29.9 Å². The van der Waals surface area contributed by atoms with Crippen LogP contribution in [0.3, 0.4) is 0 Å². The van der Waals surface area contributed by atoms with Gasteiger partial charge in [0.15, 0.2) is 5.96 Å². The van der Waals surface area contributed by atoms with Crippen molar-refractivity contribution in [2.75, 3.05) is 32.7 Å². The van der Waals surface area contributed by atoms with E-state index in [2.05, 4.69) is 20.6 Å². The molecule has 1 atom stereocenters. The van der Waals surface area contributed by atoms with E-state index in [0.29, 0.717) is 44.6 Å². The van der Waals surface area contributed by atoms with Crippen molar-refractivity contribution in [3.05, 3.63) is 17.3 Å². The SMILES string of the molecule is CCNC(=NCc1nc(C)c(C)o1)NCC1CCN(CC(F)(F)F)C1.I. The molecule has 1 aromatic rings. The zero-order chi connectivity index (χ0) is 18.4. The zero-order valence-corrected chi connectivity index (χ0v) is 17.6. The number of guanidine groups is 1. The number of nitrogens with one attached hydrogen (secondary N) is 2. The summed E-state index contributed by atoms with van der Waals surface area (Å²) in [4.78, 5) is 10.2. The van der Waals surface area contributed by atoms with Crippen molar-refractivity contribution < 1.29 is 17.6 Å². The maximum absolute atomic E-state index is 12.4. The lowest BCUT2D eigenvalue weighted by molar-refractivity contribution is -0.143. The van der Waals surface area contributed by atoms with Crippen LogP contribution in [-0.2, 0) is 6.54 Å². The van der Waals surface area contributed by atoms with Gasteiger partial charge < -0.3 is 15.1 Å². The van der Waals surface area contributed by atoms with Crippen molar-refractivity contribution in [2.45, 2.75) is 39.9 Å². The maximum Gasteiger partial charge on any atom is 0.401 e. The van der Waals surface area contributed by atoms with Gasteiger partial charge in [-0.1, -0.05) is 0 Å². The molecular weight excluding hydrogens is 462 g/mol. The molecule has 1 fully saturated rings. The van der Waals surface area contributed by atoms with Crippen LogP contribution in [0, 0.1) is 19.8 Å². The molecule has 1 aliphatic heterocycles. The fourth-order valence-corrected chi connectivity index (χ4v) is 2.81. The summed E-state index contributed by atoms with van der Waals surface area (Å²) in [5.74, 6) is 2.12. The standard InChI is InChI=1S/C16H26F3N5O.HI/c1-4-20-15(22-8-14-23-11(2)12(3)25-14)21-7-13-5-6-24(9-13)10-16(17,18)19;/h13H,4-10H2,1-3H3,(H2,20,21,22);1H. The molecule has 2 heterocycles. The van der Waals surface area contributed by atoms with Crippen LogP contribution in [0.2, 0.25) is 0 Å². The molecule has 10 heteroatoms. The first-order valence-electron chi connectivity index (χ1n) is 8.51. The van der Waals surface area contributed by atoms with E-state index >= 15 is 0 Å². The molecule has 0 amide bonds. The predicted molar refractivity (Wildman–Crippen MR) is 105 cm³/mol. The van der Waals surface area contributed by atoms with Gasteiger partial charge >= 0.3 is 6.18 Å². The largest absolute Gasteiger partial charge is 0.444 e. The predicted octanol–water partition coefficient (Wildman–Crippen LogP) is 2.85. The second-order valence-corrected chi connectivity index (χ2v) is 6.33. The molecule has 1 unspecified atom stereocenters. The molecule has 0 bridgehead atoms. The van der Waals surface area contributed by atoms with Crippen molar-refractivity contribution in [2.24, 2.45) is 10.9 Å². The van der Waals surface area contributed by atoms with E-state index < -0.39 is 12.7 Å². The third-order valence-electron chi connectivity index (χ3n) is 4.12. The monoisotopic (exact) mass is 489 g/mol. The molecule has 0 spiro atoms. The molecule has 150 valence electrons. The molecule has 0 radical (unpaired) electrons. The summed E-state index contributed by atoms with van der Waals surface area (Å²) in [6.07, 6.45) is -3.38. The van der Waals surface area contributed by atoms with E-state index in [9.17, 15) is 13.2 Å². The highest BCUT2D eigenvalue weighted by Crippen LogP contribution is 2.22. The van der Waals surface area contributed by atoms with Gasteiger partial charge in [0.1, 0.15) is 12.3 Å². The van der Waals surface area contributed by atoms with Crippen LogP contribution >= 0.6 is 24.0 Å². The Morgan fingerprint density at radius 2 is 2.08 bits per heavy atom. The summed E-state index contributed by atoms with van der Waals surface area (Å²) in [5, 5.41) is 6.32. The smallest absolute Gasteiger partial charge is 0.401 e. The minimum absolute atomic E-state index is 0. The highest BCUT2D eigenvalue weighted by atomic mass is 127. The number of rotatable bonds is 6. The molecule has 6 nitrogen and oxygen atoms in total. The van der Waals surface area contributed by atoms with Gasteiger partial charge in [0.25, 0.3) is 0 Å². The van der Waals surface area contributed by atoms with Crippen molar-refractivity contribution in [3.8, 4) is 0 Å². The normalized spacial score (nSPS) is 18.7. The van der Waals surface area contributed by atoms with Crippen LogP contribution in [0.1, 0.15) is 30.7 Å².